The van der Waals surface area contributed by atoms with Gasteiger partial charge >= 0.3 is 6.18 Å². The molecule has 100 valence electrons. The van der Waals surface area contributed by atoms with E-state index in [1.54, 1.807) is 11.4 Å². The maximum atomic E-state index is 13.1. The van der Waals surface area contributed by atoms with Crippen LogP contribution in [0.15, 0.2) is 15.9 Å². The highest BCUT2D eigenvalue weighted by molar-refractivity contribution is 9.10. The van der Waals surface area contributed by atoms with Crippen molar-refractivity contribution in [1.82, 2.24) is 5.32 Å². The number of halogens is 4. The number of carbonyl (C=O) groups excluding carboxylic acids is 1. The van der Waals surface area contributed by atoms with E-state index in [2.05, 4.69) is 21.2 Å². The number of hydrogen-bond donors (Lipinski definition) is 1. The Hall–Kier alpha value is -0.400. The van der Waals surface area contributed by atoms with Crippen molar-refractivity contribution >= 4 is 33.0 Å². The molecule has 1 aromatic rings. The Balaban J connectivity index is 2.20. The number of nitrogens with one attached hydrogen (secondary N) is 1. The second kappa shape index (κ2) is 4.94. The third-order valence-electron chi connectivity index (χ3n) is 3.19. The number of carbonyl (C=O) groups is 1. The highest BCUT2D eigenvalue weighted by atomic mass is 79.9. The molecule has 7 heteroatoms. The van der Waals surface area contributed by atoms with Crippen molar-refractivity contribution in [2.45, 2.75) is 19.0 Å². The van der Waals surface area contributed by atoms with Gasteiger partial charge in [-0.1, -0.05) is 0 Å². The van der Waals surface area contributed by atoms with Crippen molar-refractivity contribution in [2.75, 3.05) is 13.1 Å². The van der Waals surface area contributed by atoms with E-state index in [-0.39, 0.29) is 25.9 Å². The lowest BCUT2D eigenvalue weighted by Gasteiger charge is -2.29. The number of hydrogen-bond acceptors (Lipinski definition) is 3. The Bertz CT molecular complexity index is 451. The molecule has 1 unspecified atom stereocenters. The van der Waals surface area contributed by atoms with Crippen LogP contribution in [0, 0.1) is 5.41 Å². The van der Waals surface area contributed by atoms with Gasteiger partial charge < -0.3 is 5.32 Å². The van der Waals surface area contributed by atoms with Gasteiger partial charge in [-0.25, -0.2) is 0 Å². The summed E-state index contributed by atoms with van der Waals surface area (Å²) in [6.45, 7) is -0.0682. The monoisotopic (exact) mass is 341 g/mol. The fourth-order valence-corrected chi connectivity index (χ4v) is 3.55. The number of thiophene rings is 1. The molecule has 0 aliphatic carbocycles. The summed E-state index contributed by atoms with van der Waals surface area (Å²) in [5.74, 6) is -0.741. The molecule has 1 aromatic heterocycles. The quantitative estimate of drug-likeness (QED) is 0.914. The minimum absolute atomic E-state index is 0.155. The molecule has 1 N–H and O–H groups in total. The van der Waals surface area contributed by atoms with E-state index in [0.29, 0.717) is 4.88 Å². The zero-order chi connectivity index (χ0) is 13.4. The summed E-state index contributed by atoms with van der Waals surface area (Å²) in [5, 5.41) is 4.40. The molecule has 1 saturated heterocycles. The number of Topliss-reactive ketones (excluding diaryl/α,β-unsaturated/α-hetero) is 1. The lowest BCUT2D eigenvalue weighted by Crippen LogP contribution is -2.47. The van der Waals surface area contributed by atoms with Crippen LogP contribution >= 0.6 is 27.3 Å². The molecule has 0 amide bonds. The minimum atomic E-state index is -4.48. The van der Waals surface area contributed by atoms with Gasteiger partial charge in [0.15, 0.2) is 5.78 Å². The first-order chi connectivity index (χ1) is 8.35. The van der Waals surface area contributed by atoms with Gasteiger partial charge in [0, 0.05) is 27.7 Å². The molecule has 1 aliphatic heterocycles. The third kappa shape index (κ3) is 2.48. The average Bonchev–Trinajstić information content (AvgIpc) is 2.86. The number of ketones is 1. The molecule has 18 heavy (non-hydrogen) atoms. The van der Waals surface area contributed by atoms with E-state index >= 15 is 0 Å². The first-order valence-corrected chi connectivity index (χ1v) is 7.06. The molecule has 0 aromatic carbocycles. The smallest absolute Gasteiger partial charge is 0.315 e. The van der Waals surface area contributed by atoms with Gasteiger partial charge in [0.2, 0.25) is 0 Å². The van der Waals surface area contributed by atoms with Crippen LogP contribution in [-0.2, 0) is 11.2 Å². The second-order valence-corrected chi connectivity index (χ2v) is 6.25. The zero-order valence-corrected chi connectivity index (χ0v) is 11.7. The summed E-state index contributed by atoms with van der Waals surface area (Å²) < 4.78 is 40.1. The maximum absolute atomic E-state index is 13.1. The van der Waals surface area contributed by atoms with Crippen LogP contribution in [0.4, 0.5) is 13.2 Å². The summed E-state index contributed by atoms with van der Waals surface area (Å²) in [6, 6.07) is 1.69. The van der Waals surface area contributed by atoms with Gasteiger partial charge in [-0.05, 0) is 35.0 Å². The predicted molar refractivity (Wildman–Crippen MR) is 66.7 cm³/mol. The van der Waals surface area contributed by atoms with Gasteiger partial charge in [-0.15, -0.1) is 11.3 Å². The van der Waals surface area contributed by atoms with Crippen LogP contribution in [-0.4, -0.2) is 25.0 Å². The van der Waals surface area contributed by atoms with E-state index in [4.69, 9.17) is 0 Å². The van der Waals surface area contributed by atoms with E-state index in [1.165, 1.54) is 11.3 Å². The van der Waals surface area contributed by atoms with Gasteiger partial charge in [0.1, 0.15) is 5.41 Å². The van der Waals surface area contributed by atoms with Gasteiger partial charge in [0.25, 0.3) is 0 Å². The van der Waals surface area contributed by atoms with Crippen molar-refractivity contribution in [3.8, 4) is 0 Å². The molecule has 1 aliphatic rings. The summed E-state index contributed by atoms with van der Waals surface area (Å²) in [6.07, 6.45) is -4.80. The van der Waals surface area contributed by atoms with Crippen molar-refractivity contribution in [1.29, 1.82) is 0 Å². The number of alkyl halides is 3. The van der Waals surface area contributed by atoms with Gasteiger partial charge in [-0.2, -0.15) is 13.2 Å². The Morgan fingerprint density at radius 3 is 2.72 bits per heavy atom. The molecule has 1 fully saturated rings. The van der Waals surface area contributed by atoms with Crippen LogP contribution in [0.1, 0.15) is 11.3 Å². The summed E-state index contributed by atoms with van der Waals surface area (Å²) in [4.78, 5) is 12.7. The van der Waals surface area contributed by atoms with Crippen LogP contribution in [0.5, 0.6) is 0 Å². The van der Waals surface area contributed by atoms with E-state index in [1.807, 2.05) is 0 Å². The molecule has 2 heterocycles. The van der Waals surface area contributed by atoms with Crippen LogP contribution in [0.2, 0.25) is 0 Å². The molecule has 0 saturated carbocycles. The Kier molecular flexibility index (Phi) is 3.85. The first kappa shape index (κ1) is 14.0. The zero-order valence-electron chi connectivity index (χ0n) is 9.31. The molecule has 1 atom stereocenters. The Morgan fingerprint density at radius 1 is 1.56 bits per heavy atom. The predicted octanol–water partition coefficient (Wildman–Crippen LogP) is 3.16. The second-order valence-electron chi connectivity index (χ2n) is 4.34. The van der Waals surface area contributed by atoms with Crippen LogP contribution in [0.25, 0.3) is 0 Å². The van der Waals surface area contributed by atoms with E-state index < -0.39 is 17.4 Å². The fraction of sp³-hybridized carbons (Fsp3) is 0.545. The molecule has 2 nitrogen and oxygen atoms in total. The summed E-state index contributed by atoms with van der Waals surface area (Å²) >= 11 is 4.51. The first-order valence-electron chi connectivity index (χ1n) is 5.39. The topological polar surface area (TPSA) is 29.1 Å². The number of rotatable bonds is 3. The van der Waals surface area contributed by atoms with Crippen molar-refractivity contribution in [3.05, 3.63) is 20.8 Å². The van der Waals surface area contributed by atoms with Crippen LogP contribution < -0.4 is 5.32 Å². The molecular formula is C11H11BrF3NOS. The average molecular weight is 342 g/mol. The van der Waals surface area contributed by atoms with Gasteiger partial charge in [-0.3, -0.25) is 4.79 Å². The normalized spacial score (nSPS) is 24.4. The highest BCUT2D eigenvalue weighted by Crippen LogP contribution is 2.44. The highest BCUT2D eigenvalue weighted by Gasteiger charge is 2.60. The van der Waals surface area contributed by atoms with Crippen LogP contribution in [0.3, 0.4) is 0 Å². The lowest BCUT2D eigenvalue weighted by molar-refractivity contribution is -0.214. The largest absolute Gasteiger partial charge is 0.402 e. The molecular weight excluding hydrogens is 331 g/mol. The third-order valence-corrected chi connectivity index (χ3v) is 4.89. The summed E-state index contributed by atoms with van der Waals surface area (Å²) in [5.41, 5.74) is -2.20. The van der Waals surface area contributed by atoms with Crippen molar-refractivity contribution in [2.24, 2.45) is 5.41 Å². The molecule has 0 radical (unpaired) electrons. The lowest BCUT2D eigenvalue weighted by atomic mass is 9.80. The fourth-order valence-electron chi connectivity index (χ4n) is 2.10. The molecule has 2 rings (SSSR count). The molecule has 0 bridgehead atoms. The van der Waals surface area contributed by atoms with E-state index in [0.717, 1.165) is 4.47 Å². The minimum Gasteiger partial charge on any atom is -0.315 e. The summed E-state index contributed by atoms with van der Waals surface area (Å²) in [7, 11) is 0. The Labute approximate surface area is 115 Å². The van der Waals surface area contributed by atoms with E-state index in [9.17, 15) is 18.0 Å². The van der Waals surface area contributed by atoms with Crippen molar-refractivity contribution < 1.29 is 18.0 Å². The maximum Gasteiger partial charge on any atom is 0.402 e. The van der Waals surface area contributed by atoms with Crippen molar-refractivity contribution in [3.63, 3.8) is 0 Å². The molecule has 0 spiro atoms. The SMILES string of the molecule is O=C(Cc1cc(Br)cs1)C1(C(F)(F)F)CCNC1. The Morgan fingerprint density at radius 2 is 2.28 bits per heavy atom. The van der Waals surface area contributed by atoms with Gasteiger partial charge in [0.05, 0.1) is 0 Å². The standard InChI is InChI=1S/C11H11BrF3NOS/c12-7-3-8(18-5-7)4-9(17)10(11(13,14)15)1-2-16-6-10/h3,5,16H,1-2,4,6H2.